The van der Waals surface area contributed by atoms with Gasteiger partial charge >= 0.3 is 0 Å². The zero-order valence-electron chi connectivity index (χ0n) is 17.4. The van der Waals surface area contributed by atoms with Crippen LogP contribution in [0.3, 0.4) is 0 Å². The van der Waals surface area contributed by atoms with Gasteiger partial charge in [0.05, 0.1) is 23.5 Å². The Morgan fingerprint density at radius 2 is 1.93 bits per heavy atom. The van der Waals surface area contributed by atoms with Crippen LogP contribution < -0.4 is 5.32 Å². The Morgan fingerprint density at radius 3 is 2.76 bits per heavy atom. The van der Waals surface area contributed by atoms with Crippen molar-refractivity contribution in [3.8, 4) is 0 Å². The number of rotatable bonds is 6. The van der Waals surface area contributed by atoms with Crippen molar-refractivity contribution in [1.82, 2.24) is 14.5 Å². The first kappa shape index (κ1) is 19.6. The Balaban J connectivity index is 1.45. The van der Waals surface area contributed by atoms with E-state index in [0.717, 1.165) is 62.5 Å². The lowest BCUT2D eigenvalue weighted by Gasteiger charge is -2.32. The number of hydrogen-bond donors (Lipinski definition) is 1. The molecule has 2 heterocycles. The van der Waals surface area contributed by atoms with E-state index in [0.29, 0.717) is 0 Å². The molecule has 0 radical (unpaired) electrons. The average molecular weight is 391 g/mol. The minimum Gasteiger partial charge on any atom is -0.327 e. The predicted molar refractivity (Wildman–Crippen MR) is 118 cm³/mol. The molecule has 1 saturated heterocycles. The summed E-state index contributed by atoms with van der Waals surface area (Å²) in [6.45, 7) is 7.77. The number of carbonyl (C=O) groups is 1. The summed E-state index contributed by atoms with van der Waals surface area (Å²) in [6, 6.07) is 16.4. The fraction of sp³-hybridized carbons (Fsp3) is 0.417. The van der Waals surface area contributed by atoms with Crippen molar-refractivity contribution in [2.75, 3.05) is 18.4 Å². The van der Waals surface area contributed by atoms with Crippen LogP contribution in [0.15, 0.2) is 48.5 Å². The summed E-state index contributed by atoms with van der Waals surface area (Å²) < 4.78 is 2.29. The van der Waals surface area contributed by atoms with Crippen molar-refractivity contribution in [3.05, 3.63) is 59.9 Å². The predicted octanol–water partition coefficient (Wildman–Crippen LogP) is 4.47. The van der Waals surface area contributed by atoms with Gasteiger partial charge in [0.15, 0.2) is 0 Å². The van der Waals surface area contributed by atoms with Gasteiger partial charge in [-0.05, 0) is 56.5 Å². The molecule has 1 fully saturated rings. The summed E-state index contributed by atoms with van der Waals surface area (Å²) in [5.74, 6) is 1.25. The molecule has 0 unspecified atom stereocenters. The maximum atomic E-state index is 12.9. The maximum Gasteiger partial charge on any atom is 0.228 e. The van der Waals surface area contributed by atoms with Crippen molar-refractivity contribution >= 4 is 22.6 Å². The van der Waals surface area contributed by atoms with Gasteiger partial charge in [-0.15, -0.1) is 0 Å². The van der Waals surface area contributed by atoms with E-state index in [1.165, 1.54) is 11.1 Å². The van der Waals surface area contributed by atoms with Gasteiger partial charge in [0.25, 0.3) is 0 Å². The maximum absolute atomic E-state index is 12.9. The number of anilines is 1. The number of para-hydroxylation sites is 3. The molecule has 29 heavy (non-hydrogen) atoms. The van der Waals surface area contributed by atoms with Crippen LogP contribution in [0.25, 0.3) is 11.0 Å². The second kappa shape index (κ2) is 8.78. The number of nitrogens with one attached hydrogen (secondary N) is 1. The van der Waals surface area contributed by atoms with Crippen molar-refractivity contribution < 1.29 is 4.79 Å². The number of hydrogen-bond acceptors (Lipinski definition) is 3. The molecule has 152 valence electrons. The van der Waals surface area contributed by atoms with Crippen LogP contribution in [0.4, 0.5) is 5.69 Å². The molecule has 1 N–H and O–H groups in total. The molecule has 2 aromatic carbocycles. The normalized spacial score (nSPS) is 17.5. The van der Waals surface area contributed by atoms with Crippen molar-refractivity contribution in [1.29, 1.82) is 0 Å². The lowest BCUT2D eigenvalue weighted by molar-refractivity contribution is -0.121. The molecule has 5 nitrogen and oxygen atoms in total. The summed E-state index contributed by atoms with van der Waals surface area (Å²) in [5, 5.41) is 3.17. The number of imidazole rings is 1. The molecule has 3 aromatic rings. The van der Waals surface area contributed by atoms with E-state index >= 15 is 0 Å². The highest BCUT2D eigenvalue weighted by atomic mass is 16.1. The first-order valence-electron chi connectivity index (χ1n) is 10.7. The Kier molecular flexibility index (Phi) is 5.95. The molecule has 0 aliphatic carbocycles. The largest absolute Gasteiger partial charge is 0.327 e. The third-order valence-corrected chi connectivity index (χ3v) is 5.95. The van der Waals surface area contributed by atoms with E-state index in [1.807, 2.05) is 24.3 Å². The Morgan fingerprint density at radius 1 is 1.14 bits per heavy atom. The minimum absolute atomic E-state index is 0.0214. The molecular formula is C24H30N4O. The molecule has 4 rings (SSSR count). The Labute approximate surface area is 172 Å². The van der Waals surface area contributed by atoms with E-state index in [1.54, 1.807) is 0 Å². The topological polar surface area (TPSA) is 50.2 Å². The lowest BCUT2D eigenvalue weighted by atomic mass is 9.96. The van der Waals surface area contributed by atoms with Crippen LogP contribution in [0.5, 0.6) is 0 Å². The first-order chi connectivity index (χ1) is 14.2. The van der Waals surface area contributed by atoms with Gasteiger partial charge in [-0.1, -0.05) is 37.3 Å². The van der Waals surface area contributed by atoms with Crippen molar-refractivity contribution in [2.45, 2.75) is 46.2 Å². The average Bonchev–Trinajstić information content (AvgIpc) is 3.11. The van der Waals surface area contributed by atoms with Crippen LogP contribution >= 0.6 is 0 Å². The molecular weight excluding hydrogens is 360 g/mol. The third kappa shape index (κ3) is 4.20. The number of aryl methyl sites for hydroxylation is 2. The zero-order chi connectivity index (χ0) is 20.2. The van der Waals surface area contributed by atoms with Crippen LogP contribution in [-0.2, 0) is 24.3 Å². The highest BCUT2D eigenvalue weighted by molar-refractivity contribution is 5.93. The number of fused-ring (bicyclic) bond motifs is 1. The monoisotopic (exact) mass is 390 g/mol. The molecule has 0 spiro atoms. The van der Waals surface area contributed by atoms with Crippen LogP contribution in [0, 0.1) is 5.92 Å². The number of likely N-dealkylation sites (tertiary alicyclic amines) is 1. The molecule has 1 aromatic heterocycles. The fourth-order valence-electron chi connectivity index (χ4n) is 4.40. The number of aromatic nitrogens is 2. The van der Waals surface area contributed by atoms with E-state index < -0.39 is 0 Å². The minimum atomic E-state index is 0.0214. The zero-order valence-corrected chi connectivity index (χ0v) is 17.4. The van der Waals surface area contributed by atoms with Crippen LogP contribution in [-0.4, -0.2) is 33.4 Å². The van der Waals surface area contributed by atoms with Gasteiger partial charge in [0.2, 0.25) is 5.91 Å². The highest BCUT2D eigenvalue weighted by Crippen LogP contribution is 2.23. The van der Waals surface area contributed by atoms with E-state index in [4.69, 9.17) is 4.98 Å². The lowest BCUT2D eigenvalue weighted by Crippen LogP contribution is -2.40. The summed E-state index contributed by atoms with van der Waals surface area (Å²) in [4.78, 5) is 20.2. The van der Waals surface area contributed by atoms with Crippen molar-refractivity contribution in [2.24, 2.45) is 5.92 Å². The highest BCUT2D eigenvalue weighted by Gasteiger charge is 2.27. The van der Waals surface area contributed by atoms with E-state index in [9.17, 15) is 4.79 Å². The number of carbonyl (C=O) groups excluding carboxylic acids is 1. The number of amides is 1. The number of piperidine rings is 1. The van der Waals surface area contributed by atoms with Crippen molar-refractivity contribution in [3.63, 3.8) is 0 Å². The third-order valence-electron chi connectivity index (χ3n) is 5.95. The number of benzene rings is 2. The SMILES string of the molecule is CCc1ccccc1NC(=O)[C@H]1CCCN(Cc2nc3ccccc3n2CC)C1. The van der Waals surface area contributed by atoms with Crippen LogP contribution in [0.1, 0.15) is 38.1 Å². The molecule has 0 bridgehead atoms. The Hall–Kier alpha value is -2.66. The molecule has 0 saturated carbocycles. The quantitative estimate of drug-likeness (QED) is 0.676. The molecule has 1 atom stereocenters. The van der Waals surface area contributed by atoms with Gasteiger partial charge in [0, 0.05) is 18.8 Å². The fourth-order valence-corrected chi connectivity index (χ4v) is 4.40. The second-order valence-electron chi connectivity index (χ2n) is 7.84. The van der Waals surface area contributed by atoms with Gasteiger partial charge in [-0.3, -0.25) is 9.69 Å². The van der Waals surface area contributed by atoms with E-state index in [-0.39, 0.29) is 11.8 Å². The summed E-state index contributed by atoms with van der Waals surface area (Å²) >= 11 is 0. The molecule has 1 amide bonds. The summed E-state index contributed by atoms with van der Waals surface area (Å²) in [6.07, 6.45) is 2.90. The molecule has 5 heteroatoms. The van der Waals surface area contributed by atoms with Crippen LogP contribution in [0.2, 0.25) is 0 Å². The smallest absolute Gasteiger partial charge is 0.228 e. The summed E-state index contributed by atoms with van der Waals surface area (Å²) in [7, 11) is 0. The number of nitrogens with zero attached hydrogens (tertiary/aromatic N) is 3. The van der Waals surface area contributed by atoms with Gasteiger partial charge in [-0.25, -0.2) is 4.98 Å². The standard InChI is InChI=1S/C24H30N4O/c1-3-18-10-5-6-12-20(18)26-24(29)19-11-9-15-27(16-19)17-23-25-21-13-7-8-14-22(21)28(23)4-2/h5-8,10,12-14,19H,3-4,9,11,15-17H2,1-2H3,(H,26,29)/t19-/m0/s1. The molecule has 1 aliphatic heterocycles. The van der Waals surface area contributed by atoms with Gasteiger partial charge in [-0.2, -0.15) is 0 Å². The van der Waals surface area contributed by atoms with Gasteiger partial charge < -0.3 is 9.88 Å². The van der Waals surface area contributed by atoms with Gasteiger partial charge in [0.1, 0.15) is 5.82 Å². The molecule has 1 aliphatic rings. The van der Waals surface area contributed by atoms with E-state index in [2.05, 4.69) is 52.9 Å². The Bertz CT molecular complexity index is 993. The summed E-state index contributed by atoms with van der Waals surface area (Å²) in [5.41, 5.74) is 4.37. The second-order valence-corrected chi connectivity index (χ2v) is 7.84. The first-order valence-corrected chi connectivity index (χ1v) is 10.7.